The number of fused-ring (bicyclic) bond motifs is 42. The van der Waals surface area contributed by atoms with Crippen LogP contribution in [0.2, 0.25) is 0 Å². The summed E-state index contributed by atoms with van der Waals surface area (Å²) in [5.41, 5.74) is 31.8. The molecule has 0 bridgehead atoms. The van der Waals surface area contributed by atoms with E-state index in [2.05, 4.69) is 495 Å². The molecule has 0 aliphatic carbocycles. The van der Waals surface area contributed by atoms with Gasteiger partial charge in [0.05, 0.1) is 123 Å². The largest absolute Gasteiger partial charge is 0.308 e. The van der Waals surface area contributed by atoms with E-state index in [1.807, 2.05) is 24.7 Å². The second kappa shape index (κ2) is 29.4. The van der Waals surface area contributed by atoms with Gasteiger partial charge in [-0.15, -0.1) is 0 Å². The molecule has 12 heteroatoms. The molecule has 0 aliphatic heterocycles. The molecule has 12 nitrogen and oxygen atoms in total. The Balaban J connectivity index is 0.0000000945. The van der Waals surface area contributed by atoms with E-state index in [1.165, 1.54) is 239 Å². The van der Waals surface area contributed by atoms with Gasteiger partial charge in [0.2, 0.25) is 0 Å². The Morgan fingerprint density at radius 1 is 0.136 bits per heavy atom. The van der Waals surface area contributed by atoms with Gasteiger partial charge in [-0.3, -0.25) is 14.1 Å². The standard InChI is InChI=1S/3C45H26N4/c1-2-14-29(15-3-1)48-38-19-9-7-17-32(38)37-24-30(26-46-45(37)48)47-41-23-28-13-5-4-12-27(28)22-34(41)36-25-35-31-16-6-10-20-39(31)49-40-21-11-8-18-33(40)42(43(36)47)44(35)49;1-2-13-29(14-3-1)48-40-21-20-30(25-35(40)32-17-10-22-46-45(32)48)47-41-24-28-12-5-4-11-27(28)23-34(41)37-26-36-31-15-6-8-18-38(31)49-39-19-9-7-16-33(39)42(43(37)47)44(36)49;1-2-12-29(13-3-1)47-40-19-18-30(24-35(40)32-20-21-46-26-42(32)47)48-41-23-28-11-5-4-10-27(28)22-34(41)37-25-36-31-14-6-8-16-38(31)49-39-17-9-7-15-33(39)43(44(37)48)45(36)49/h3*1-26H. The second-order valence-corrected chi connectivity index (χ2v) is 39.7. The molecule has 147 heavy (non-hydrogen) atoms. The van der Waals surface area contributed by atoms with Crippen molar-refractivity contribution in [2.75, 3.05) is 0 Å². The summed E-state index contributed by atoms with van der Waals surface area (Å²) in [6.45, 7) is 0. The SMILES string of the molecule is c1ccc(-n2c3ccc(-n4c5cc6ccccc6cc5c5cc6c7ccccc7n7c8ccccc8c(c54)c67)cc3c3cccnc32)cc1.c1ccc(-n2c3ccc(-n4c5cc6ccccc6cc5c5cc6c7ccccc7n7c8ccccc8c(c54)c67)cc3c3ccncc32)cc1.c1ccc(-n2c3ccccc3c3cc(-n4c5cc6ccccc6cc5c5cc6c7ccccc7n7c8ccccc8c(c54)c67)cnc32)cc1. The zero-order valence-corrected chi connectivity index (χ0v) is 78.9. The smallest absolute Gasteiger partial charge is 0.145 e. The number of hydrogen-bond acceptors (Lipinski definition) is 3. The zero-order chi connectivity index (χ0) is 95.4. The van der Waals surface area contributed by atoms with E-state index >= 15 is 0 Å². The van der Waals surface area contributed by atoms with Crippen LogP contribution in [0.25, 0.3) is 312 Å². The first-order valence-electron chi connectivity index (χ1n) is 50.4. The quantitative estimate of drug-likeness (QED) is 0.166. The third kappa shape index (κ3) is 10.6. The molecule has 0 atom stereocenters. The van der Waals surface area contributed by atoms with Gasteiger partial charge in [0, 0.05) is 170 Å². The number of rotatable bonds is 6. The lowest BCUT2D eigenvalue weighted by atomic mass is 10.0. The van der Waals surface area contributed by atoms with E-state index in [-0.39, 0.29) is 0 Å². The van der Waals surface area contributed by atoms with Crippen LogP contribution in [0.15, 0.2) is 474 Å². The minimum absolute atomic E-state index is 0.958. The van der Waals surface area contributed by atoms with Crippen LogP contribution < -0.4 is 0 Å². The van der Waals surface area contributed by atoms with Crippen LogP contribution in [0.3, 0.4) is 0 Å². The first-order chi connectivity index (χ1) is 73.0. The van der Waals surface area contributed by atoms with E-state index < -0.39 is 0 Å². The summed E-state index contributed by atoms with van der Waals surface area (Å²) >= 11 is 0. The number of para-hydroxylation sites is 10. The maximum Gasteiger partial charge on any atom is 0.145 e. The number of pyridine rings is 3. The molecule has 0 unspecified atom stereocenters. The number of benzene rings is 21. The van der Waals surface area contributed by atoms with E-state index in [4.69, 9.17) is 9.97 Å². The Bertz CT molecular complexity index is 11000. The van der Waals surface area contributed by atoms with Crippen molar-refractivity contribution in [3.05, 3.63) is 474 Å². The Morgan fingerprint density at radius 3 is 0.850 bits per heavy atom. The van der Waals surface area contributed by atoms with Gasteiger partial charge in [-0.2, -0.15) is 0 Å². The summed E-state index contributed by atoms with van der Waals surface area (Å²) in [6.07, 6.45) is 7.86. The van der Waals surface area contributed by atoms with Gasteiger partial charge in [0.1, 0.15) is 11.3 Å². The highest BCUT2D eigenvalue weighted by molar-refractivity contribution is 6.39. The lowest BCUT2D eigenvalue weighted by Gasteiger charge is -2.11. The number of nitrogens with zero attached hydrogens (tertiary/aromatic N) is 12. The van der Waals surface area contributed by atoms with Crippen LogP contribution in [0, 0.1) is 0 Å². The third-order valence-corrected chi connectivity index (χ3v) is 32.3. The van der Waals surface area contributed by atoms with Crippen molar-refractivity contribution in [3.63, 3.8) is 0 Å². The predicted molar refractivity (Wildman–Crippen MR) is 615 cm³/mol. The van der Waals surface area contributed by atoms with Crippen LogP contribution in [-0.4, -0.2) is 55.6 Å². The fraction of sp³-hybridized carbons (Fsp3) is 0. The molecular formula is C135H78N12. The zero-order valence-electron chi connectivity index (χ0n) is 78.9. The Hall–Kier alpha value is -20.0. The lowest BCUT2D eigenvalue weighted by molar-refractivity contribution is 1.11. The molecular weight excluding hydrogens is 1790 g/mol. The van der Waals surface area contributed by atoms with Crippen molar-refractivity contribution in [1.82, 2.24) is 55.6 Å². The summed E-state index contributed by atoms with van der Waals surface area (Å²) in [5, 5.41) is 37.6. The van der Waals surface area contributed by atoms with Crippen molar-refractivity contribution in [2.45, 2.75) is 0 Å². The predicted octanol–water partition coefficient (Wildman–Crippen LogP) is 34.7. The van der Waals surface area contributed by atoms with Crippen molar-refractivity contribution in [2.24, 2.45) is 0 Å². The van der Waals surface area contributed by atoms with Gasteiger partial charge < -0.3 is 31.5 Å². The van der Waals surface area contributed by atoms with Crippen LogP contribution in [0.4, 0.5) is 0 Å². The van der Waals surface area contributed by atoms with E-state index in [1.54, 1.807) is 0 Å². The van der Waals surface area contributed by atoms with Crippen LogP contribution >= 0.6 is 0 Å². The Morgan fingerprint density at radius 2 is 0.429 bits per heavy atom. The Labute approximate surface area is 835 Å². The van der Waals surface area contributed by atoms with Crippen molar-refractivity contribution in [3.8, 4) is 34.1 Å². The third-order valence-electron chi connectivity index (χ3n) is 32.3. The highest BCUT2D eigenvalue weighted by Gasteiger charge is 2.32. The topological polar surface area (TPSA) is 81.5 Å². The molecule has 0 spiro atoms. The van der Waals surface area contributed by atoms with E-state index in [9.17, 15) is 0 Å². The van der Waals surface area contributed by atoms with E-state index in [0.29, 0.717) is 0 Å². The highest BCUT2D eigenvalue weighted by atomic mass is 15.1. The second-order valence-electron chi connectivity index (χ2n) is 39.7. The van der Waals surface area contributed by atoms with Gasteiger partial charge >= 0.3 is 0 Å². The van der Waals surface area contributed by atoms with E-state index in [0.717, 1.165) is 72.7 Å². The normalized spacial score (nSPS) is 12.5. The molecule has 15 heterocycles. The lowest BCUT2D eigenvalue weighted by Crippen LogP contribution is -1.98. The monoisotopic (exact) mass is 1870 g/mol. The minimum atomic E-state index is 0.958. The van der Waals surface area contributed by atoms with Crippen molar-refractivity contribution >= 4 is 278 Å². The summed E-state index contributed by atoms with van der Waals surface area (Å²) in [5.74, 6) is 0. The molecule has 36 rings (SSSR count). The van der Waals surface area contributed by atoms with Gasteiger partial charge in [-0.25, -0.2) is 9.97 Å². The fourth-order valence-electron chi connectivity index (χ4n) is 26.3. The van der Waals surface area contributed by atoms with Gasteiger partial charge in [0.15, 0.2) is 0 Å². The molecule has 0 amide bonds. The first-order valence-corrected chi connectivity index (χ1v) is 50.4. The fourth-order valence-corrected chi connectivity index (χ4v) is 26.3. The highest BCUT2D eigenvalue weighted by Crippen LogP contribution is 2.54. The van der Waals surface area contributed by atoms with Crippen LogP contribution in [0.1, 0.15) is 0 Å². The van der Waals surface area contributed by atoms with Crippen LogP contribution in [0.5, 0.6) is 0 Å². The average molecular weight is 1870 g/mol. The van der Waals surface area contributed by atoms with Gasteiger partial charge in [-0.05, 0) is 226 Å². The first kappa shape index (κ1) is 78.8. The molecule has 0 saturated heterocycles. The maximum atomic E-state index is 5.27. The molecule has 21 aromatic carbocycles. The average Bonchev–Trinajstić information content (AvgIpc) is 1.52. The van der Waals surface area contributed by atoms with Crippen molar-refractivity contribution < 1.29 is 0 Å². The summed E-state index contributed by atoms with van der Waals surface area (Å²) in [6, 6.07) is 164. The van der Waals surface area contributed by atoms with Gasteiger partial charge in [0.25, 0.3) is 0 Å². The van der Waals surface area contributed by atoms with Crippen LogP contribution in [-0.2, 0) is 0 Å². The number of aromatic nitrogens is 12. The molecule has 0 saturated carbocycles. The molecule has 0 radical (unpaired) electrons. The summed E-state index contributed by atoms with van der Waals surface area (Å²) in [7, 11) is 0. The molecule has 0 aliphatic rings. The molecule has 678 valence electrons. The molecule has 15 aromatic heterocycles. The number of hydrogen-bond donors (Lipinski definition) is 0. The van der Waals surface area contributed by atoms with Crippen molar-refractivity contribution in [1.29, 1.82) is 0 Å². The molecule has 0 N–H and O–H groups in total. The Kier molecular flexibility index (Phi) is 15.7. The minimum Gasteiger partial charge on any atom is -0.308 e. The molecule has 36 aromatic rings. The maximum absolute atomic E-state index is 5.27. The summed E-state index contributed by atoms with van der Waals surface area (Å²) < 4.78 is 21.9. The summed E-state index contributed by atoms with van der Waals surface area (Å²) in [4.78, 5) is 14.7. The van der Waals surface area contributed by atoms with Gasteiger partial charge in [-0.1, -0.05) is 255 Å². The molecule has 0 fully saturated rings.